The molecule has 2 fully saturated rings. The minimum atomic E-state index is 0.0447. The van der Waals surface area contributed by atoms with Gasteiger partial charge in [-0.2, -0.15) is 0 Å². The highest BCUT2D eigenvalue weighted by Crippen LogP contribution is 2.25. The van der Waals surface area contributed by atoms with Crippen LogP contribution in [0.1, 0.15) is 31.2 Å². The van der Waals surface area contributed by atoms with Crippen LogP contribution in [-0.4, -0.2) is 49.2 Å². The Hall–Kier alpha value is -1.10. The van der Waals surface area contributed by atoms with Crippen LogP contribution >= 0.6 is 11.6 Å². The highest BCUT2D eigenvalue weighted by Gasteiger charge is 2.35. The van der Waals surface area contributed by atoms with Crippen molar-refractivity contribution in [3.8, 4) is 0 Å². The van der Waals surface area contributed by atoms with E-state index in [1.165, 1.54) is 5.56 Å². The van der Waals surface area contributed by atoms with E-state index in [0.29, 0.717) is 12.6 Å². The monoisotopic (exact) mass is 336 g/mol. The molecule has 0 spiro atoms. The fraction of sp³-hybridized carbons (Fsp3) is 0.611. The zero-order valence-electron chi connectivity index (χ0n) is 13.5. The summed E-state index contributed by atoms with van der Waals surface area (Å²) >= 11 is 5.89. The van der Waals surface area contributed by atoms with Crippen LogP contribution in [0.3, 0.4) is 0 Å². The molecule has 0 aromatic heterocycles. The molecule has 0 radical (unpaired) electrons. The van der Waals surface area contributed by atoms with Gasteiger partial charge >= 0.3 is 0 Å². The number of rotatable bonds is 5. The van der Waals surface area contributed by atoms with Crippen LogP contribution in [0.15, 0.2) is 24.3 Å². The fourth-order valence-corrected chi connectivity index (χ4v) is 3.75. The molecule has 1 amide bonds. The molecule has 2 aliphatic rings. The maximum absolute atomic E-state index is 12.5. The molecule has 2 aliphatic heterocycles. The molecular formula is C18H25ClN2O2. The van der Waals surface area contributed by atoms with Crippen LogP contribution < -0.4 is 5.32 Å². The van der Waals surface area contributed by atoms with E-state index in [1.807, 2.05) is 24.3 Å². The molecule has 0 saturated carbocycles. The highest BCUT2D eigenvalue weighted by molar-refractivity contribution is 6.30. The van der Waals surface area contributed by atoms with Crippen molar-refractivity contribution >= 4 is 17.5 Å². The second-order valence-electron chi connectivity index (χ2n) is 6.41. The van der Waals surface area contributed by atoms with Crippen LogP contribution in [0, 0.1) is 0 Å². The molecule has 23 heavy (non-hydrogen) atoms. The van der Waals surface area contributed by atoms with Crippen molar-refractivity contribution in [3.05, 3.63) is 34.9 Å². The summed E-state index contributed by atoms with van der Waals surface area (Å²) in [5.74, 6) is 0.183. The molecule has 1 aromatic rings. The van der Waals surface area contributed by atoms with E-state index in [-0.39, 0.29) is 11.9 Å². The van der Waals surface area contributed by atoms with E-state index in [9.17, 15) is 4.79 Å². The maximum atomic E-state index is 12.5. The normalized spacial score (nSPS) is 23.1. The summed E-state index contributed by atoms with van der Waals surface area (Å²) in [5, 5.41) is 3.86. The number of carbonyl (C=O) groups excluding carboxylic acids is 1. The van der Waals surface area contributed by atoms with Gasteiger partial charge in [0, 0.05) is 30.8 Å². The van der Waals surface area contributed by atoms with E-state index >= 15 is 0 Å². The molecule has 1 N–H and O–H groups in total. The average molecular weight is 337 g/mol. The Morgan fingerprint density at radius 1 is 1.22 bits per heavy atom. The van der Waals surface area contributed by atoms with Gasteiger partial charge in [-0.05, 0) is 56.3 Å². The van der Waals surface area contributed by atoms with Crippen molar-refractivity contribution in [2.45, 2.75) is 44.2 Å². The Labute approximate surface area is 143 Å². The summed E-state index contributed by atoms with van der Waals surface area (Å²) in [6.45, 7) is 3.37. The minimum absolute atomic E-state index is 0.0447. The largest absolute Gasteiger partial charge is 0.381 e. The molecule has 5 heteroatoms. The van der Waals surface area contributed by atoms with Gasteiger partial charge in [0.05, 0.1) is 6.04 Å². The molecule has 126 valence electrons. The van der Waals surface area contributed by atoms with Crippen LogP contribution in [0.5, 0.6) is 0 Å². The topological polar surface area (TPSA) is 41.6 Å². The molecule has 2 heterocycles. The number of nitrogens with zero attached hydrogens (tertiary/aromatic N) is 1. The van der Waals surface area contributed by atoms with Crippen LogP contribution in [-0.2, 0) is 16.0 Å². The first-order valence-corrected chi connectivity index (χ1v) is 8.97. The quantitative estimate of drug-likeness (QED) is 0.898. The number of amides is 1. The van der Waals surface area contributed by atoms with Gasteiger partial charge in [-0.15, -0.1) is 0 Å². The zero-order valence-corrected chi connectivity index (χ0v) is 14.2. The molecule has 1 aromatic carbocycles. The first kappa shape index (κ1) is 16.7. The van der Waals surface area contributed by atoms with Crippen molar-refractivity contribution < 1.29 is 9.53 Å². The SMILES string of the molecule is O=C(NCCc1ccc(Cl)cc1)[C@H]1CCCN1C1CCOCC1. The second-order valence-corrected chi connectivity index (χ2v) is 6.84. The van der Waals surface area contributed by atoms with Gasteiger partial charge in [0.25, 0.3) is 0 Å². The van der Waals surface area contributed by atoms with E-state index in [1.54, 1.807) is 0 Å². The van der Waals surface area contributed by atoms with Crippen LogP contribution in [0.4, 0.5) is 0 Å². The van der Waals surface area contributed by atoms with Crippen molar-refractivity contribution in [3.63, 3.8) is 0 Å². The highest BCUT2D eigenvalue weighted by atomic mass is 35.5. The predicted octanol–water partition coefficient (Wildman–Crippen LogP) is 2.64. The van der Waals surface area contributed by atoms with Gasteiger partial charge in [-0.25, -0.2) is 0 Å². The zero-order chi connectivity index (χ0) is 16.1. The predicted molar refractivity (Wildman–Crippen MR) is 91.7 cm³/mol. The first-order valence-electron chi connectivity index (χ1n) is 8.59. The van der Waals surface area contributed by atoms with Crippen molar-refractivity contribution in [1.29, 1.82) is 0 Å². The van der Waals surface area contributed by atoms with Crippen molar-refractivity contribution in [1.82, 2.24) is 10.2 Å². The van der Waals surface area contributed by atoms with Crippen LogP contribution in [0.25, 0.3) is 0 Å². The molecule has 2 saturated heterocycles. The molecule has 0 bridgehead atoms. The van der Waals surface area contributed by atoms with Gasteiger partial charge < -0.3 is 10.1 Å². The Bertz CT molecular complexity index is 514. The smallest absolute Gasteiger partial charge is 0.237 e. The molecule has 0 unspecified atom stereocenters. The number of nitrogens with one attached hydrogen (secondary N) is 1. The van der Waals surface area contributed by atoms with E-state index < -0.39 is 0 Å². The first-order chi connectivity index (χ1) is 11.2. The molecule has 3 rings (SSSR count). The molecule has 4 nitrogen and oxygen atoms in total. The number of hydrogen-bond acceptors (Lipinski definition) is 3. The Morgan fingerprint density at radius 3 is 2.70 bits per heavy atom. The van der Waals surface area contributed by atoms with Gasteiger partial charge in [-0.3, -0.25) is 9.69 Å². The van der Waals surface area contributed by atoms with Gasteiger partial charge in [-0.1, -0.05) is 23.7 Å². The van der Waals surface area contributed by atoms with Gasteiger partial charge in [0.2, 0.25) is 5.91 Å². The minimum Gasteiger partial charge on any atom is -0.381 e. The Morgan fingerprint density at radius 2 is 1.96 bits per heavy atom. The third-order valence-corrected chi connectivity index (χ3v) is 5.13. The molecular weight excluding hydrogens is 312 g/mol. The lowest BCUT2D eigenvalue weighted by Gasteiger charge is -2.34. The maximum Gasteiger partial charge on any atom is 0.237 e. The average Bonchev–Trinajstić information content (AvgIpc) is 3.07. The number of carbonyl (C=O) groups is 1. The number of halogens is 1. The Kier molecular flexibility index (Phi) is 5.92. The molecule has 1 atom stereocenters. The second kappa shape index (κ2) is 8.13. The van der Waals surface area contributed by atoms with Crippen molar-refractivity contribution in [2.75, 3.05) is 26.3 Å². The standard InChI is InChI=1S/C18H25ClN2O2/c19-15-5-3-14(4-6-15)7-10-20-18(22)17-2-1-11-21(17)16-8-12-23-13-9-16/h3-6,16-17H,1-2,7-13H2,(H,20,22)/t17-/m1/s1. The lowest BCUT2D eigenvalue weighted by molar-refractivity contribution is -0.126. The third kappa shape index (κ3) is 4.46. The van der Waals surface area contributed by atoms with Crippen molar-refractivity contribution in [2.24, 2.45) is 0 Å². The third-order valence-electron chi connectivity index (χ3n) is 4.88. The van der Waals surface area contributed by atoms with Gasteiger partial charge in [0.15, 0.2) is 0 Å². The number of benzene rings is 1. The summed E-state index contributed by atoms with van der Waals surface area (Å²) in [6, 6.07) is 8.36. The summed E-state index contributed by atoms with van der Waals surface area (Å²) in [6.07, 6.45) is 5.03. The van der Waals surface area contributed by atoms with Crippen LogP contribution in [0.2, 0.25) is 5.02 Å². The fourth-order valence-electron chi connectivity index (χ4n) is 3.62. The number of likely N-dealkylation sites (tertiary alicyclic amines) is 1. The van der Waals surface area contributed by atoms with E-state index in [4.69, 9.17) is 16.3 Å². The Balaban J connectivity index is 1.47. The number of hydrogen-bond donors (Lipinski definition) is 1. The van der Waals surface area contributed by atoms with E-state index in [2.05, 4.69) is 10.2 Å². The summed E-state index contributed by atoms with van der Waals surface area (Å²) in [4.78, 5) is 14.9. The lowest BCUT2D eigenvalue weighted by atomic mass is 10.1. The van der Waals surface area contributed by atoms with E-state index in [0.717, 1.165) is 56.9 Å². The summed E-state index contributed by atoms with van der Waals surface area (Å²) < 4.78 is 5.44. The van der Waals surface area contributed by atoms with Gasteiger partial charge in [0.1, 0.15) is 0 Å². The number of ether oxygens (including phenoxy) is 1. The lowest BCUT2D eigenvalue weighted by Crippen LogP contribution is -2.49. The summed E-state index contributed by atoms with van der Waals surface area (Å²) in [7, 11) is 0. The summed E-state index contributed by atoms with van der Waals surface area (Å²) in [5.41, 5.74) is 1.20. The molecule has 0 aliphatic carbocycles.